The average molecular weight is 697 g/mol. The Morgan fingerprint density at radius 1 is 0.434 bits per heavy atom. The van der Waals surface area contributed by atoms with Gasteiger partial charge in [-0.05, 0) is 74.5 Å². The molecule has 5 nitrogen and oxygen atoms in total. The molecule has 0 saturated carbocycles. The number of nitrogens with zero attached hydrogens (tertiary/aromatic N) is 4. The van der Waals surface area contributed by atoms with Gasteiger partial charge in [0.15, 0.2) is 17.5 Å². The number of halogens is 3. The molecule has 0 saturated heterocycles. The van der Waals surface area contributed by atoms with Crippen LogP contribution in [0.25, 0.3) is 78.3 Å². The van der Waals surface area contributed by atoms with Crippen LogP contribution in [0.5, 0.6) is 5.75 Å². The molecule has 0 N–H and O–H groups in total. The first-order chi connectivity index (χ1) is 25.8. The number of nitriles is 1. The van der Waals surface area contributed by atoms with E-state index >= 15 is 0 Å². The summed E-state index contributed by atoms with van der Waals surface area (Å²) in [5.41, 5.74) is 8.20. The van der Waals surface area contributed by atoms with E-state index in [4.69, 9.17) is 15.0 Å². The van der Waals surface area contributed by atoms with E-state index in [1.165, 1.54) is 12.1 Å². The summed E-state index contributed by atoms with van der Waals surface area (Å²) in [6.07, 6.45) is -4.78. The Kier molecular flexibility index (Phi) is 8.67. The van der Waals surface area contributed by atoms with E-state index in [1.807, 2.05) is 109 Å². The Morgan fingerprint density at radius 2 is 0.868 bits per heavy atom. The van der Waals surface area contributed by atoms with E-state index in [1.54, 1.807) is 18.2 Å². The molecule has 0 aliphatic carbocycles. The minimum absolute atomic E-state index is 0.310. The van der Waals surface area contributed by atoms with E-state index in [0.717, 1.165) is 49.7 Å². The normalized spacial score (nSPS) is 11.3. The Hall–Kier alpha value is -7.11. The highest BCUT2D eigenvalue weighted by atomic mass is 19.4. The SMILES string of the molecule is N#Cc1cc(-c2ccc(OC(F)(F)F)cc2)cc(-c2ccc(-c3ccc(-c4nc(-c5ccccc5)nc(-c5ccccc5)n4)cc3)c3ccccc23)c1. The van der Waals surface area contributed by atoms with E-state index in [9.17, 15) is 18.4 Å². The third-order valence-corrected chi connectivity index (χ3v) is 8.87. The zero-order chi connectivity index (χ0) is 36.4. The number of benzene rings is 7. The second-order valence-corrected chi connectivity index (χ2v) is 12.3. The third kappa shape index (κ3) is 7.09. The Balaban J connectivity index is 1.16. The molecule has 0 aliphatic rings. The maximum Gasteiger partial charge on any atom is 0.573 e. The highest BCUT2D eigenvalue weighted by molar-refractivity contribution is 6.05. The van der Waals surface area contributed by atoms with Crippen LogP contribution < -0.4 is 4.74 Å². The van der Waals surface area contributed by atoms with Gasteiger partial charge in [0.1, 0.15) is 5.75 Å². The van der Waals surface area contributed by atoms with E-state index in [0.29, 0.717) is 34.2 Å². The average Bonchev–Trinajstić information content (AvgIpc) is 3.20. The van der Waals surface area contributed by atoms with Gasteiger partial charge in [-0.25, -0.2) is 15.0 Å². The quantitative estimate of drug-likeness (QED) is 0.166. The number of hydrogen-bond donors (Lipinski definition) is 0. The minimum atomic E-state index is -4.78. The molecule has 1 aromatic heterocycles. The molecule has 0 fully saturated rings. The molecule has 0 spiro atoms. The van der Waals surface area contributed by atoms with Crippen molar-refractivity contribution in [1.82, 2.24) is 15.0 Å². The lowest BCUT2D eigenvalue weighted by atomic mass is 9.90. The molecule has 0 bridgehead atoms. The first kappa shape index (κ1) is 33.1. The zero-order valence-corrected chi connectivity index (χ0v) is 27.9. The summed E-state index contributed by atoms with van der Waals surface area (Å²) in [4.78, 5) is 14.5. The topological polar surface area (TPSA) is 71.7 Å². The van der Waals surface area contributed by atoms with Crippen molar-refractivity contribution in [2.24, 2.45) is 0 Å². The lowest BCUT2D eigenvalue weighted by Gasteiger charge is -2.14. The highest BCUT2D eigenvalue weighted by Crippen LogP contribution is 2.38. The van der Waals surface area contributed by atoms with Crippen molar-refractivity contribution < 1.29 is 17.9 Å². The molecule has 53 heavy (non-hydrogen) atoms. The summed E-state index contributed by atoms with van der Waals surface area (Å²) in [5.74, 6) is 1.45. The summed E-state index contributed by atoms with van der Waals surface area (Å²) in [5, 5.41) is 11.9. The lowest BCUT2D eigenvalue weighted by Crippen LogP contribution is -2.16. The second kappa shape index (κ2) is 13.9. The Morgan fingerprint density at radius 3 is 1.38 bits per heavy atom. The predicted octanol–water partition coefficient (Wildman–Crippen LogP) is 11.8. The van der Waals surface area contributed by atoms with Crippen LogP contribution in [0.1, 0.15) is 5.56 Å². The molecule has 0 aliphatic heterocycles. The number of alkyl halides is 3. The van der Waals surface area contributed by atoms with Crippen LogP contribution in [0.2, 0.25) is 0 Å². The molecular formula is C45H27F3N4O. The van der Waals surface area contributed by atoms with Crippen molar-refractivity contribution >= 4 is 10.8 Å². The van der Waals surface area contributed by atoms with E-state index < -0.39 is 6.36 Å². The third-order valence-electron chi connectivity index (χ3n) is 8.87. The van der Waals surface area contributed by atoms with Gasteiger partial charge in [-0.2, -0.15) is 5.26 Å². The van der Waals surface area contributed by atoms with Crippen molar-refractivity contribution in [3.8, 4) is 79.4 Å². The first-order valence-electron chi connectivity index (χ1n) is 16.7. The summed E-state index contributed by atoms with van der Waals surface area (Å²) in [6.45, 7) is 0. The molecule has 8 heteroatoms. The van der Waals surface area contributed by atoms with Crippen LogP contribution in [0.3, 0.4) is 0 Å². The van der Waals surface area contributed by atoms with Crippen LogP contribution in [0.15, 0.2) is 164 Å². The fourth-order valence-electron chi connectivity index (χ4n) is 6.40. The van der Waals surface area contributed by atoms with Gasteiger partial charge in [-0.15, -0.1) is 13.2 Å². The van der Waals surface area contributed by atoms with Gasteiger partial charge in [0.05, 0.1) is 11.6 Å². The van der Waals surface area contributed by atoms with Gasteiger partial charge in [0, 0.05) is 16.7 Å². The monoisotopic (exact) mass is 696 g/mol. The molecule has 0 radical (unpaired) electrons. The van der Waals surface area contributed by atoms with Crippen molar-refractivity contribution in [1.29, 1.82) is 5.26 Å². The Bertz CT molecular complexity index is 2560. The molecule has 0 amide bonds. The fourth-order valence-corrected chi connectivity index (χ4v) is 6.40. The van der Waals surface area contributed by atoms with Gasteiger partial charge in [-0.1, -0.05) is 133 Å². The van der Waals surface area contributed by atoms with Crippen LogP contribution in [-0.4, -0.2) is 21.3 Å². The smallest absolute Gasteiger partial charge is 0.406 e. The molecule has 8 aromatic rings. The summed E-state index contributed by atoms with van der Waals surface area (Å²) >= 11 is 0. The number of ether oxygens (including phenoxy) is 1. The first-order valence-corrected chi connectivity index (χ1v) is 16.7. The molecule has 254 valence electrons. The summed E-state index contributed by atoms with van der Waals surface area (Å²) in [7, 11) is 0. The number of aromatic nitrogens is 3. The molecule has 1 heterocycles. The van der Waals surface area contributed by atoms with Crippen molar-refractivity contribution in [2.75, 3.05) is 0 Å². The number of fused-ring (bicyclic) bond motifs is 1. The van der Waals surface area contributed by atoms with Crippen LogP contribution >= 0.6 is 0 Å². The lowest BCUT2D eigenvalue weighted by molar-refractivity contribution is -0.274. The van der Waals surface area contributed by atoms with E-state index in [2.05, 4.69) is 35.1 Å². The second-order valence-electron chi connectivity index (χ2n) is 12.3. The van der Waals surface area contributed by atoms with Crippen molar-refractivity contribution in [3.63, 3.8) is 0 Å². The van der Waals surface area contributed by atoms with Gasteiger partial charge < -0.3 is 4.74 Å². The zero-order valence-electron chi connectivity index (χ0n) is 27.9. The van der Waals surface area contributed by atoms with Gasteiger partial charge >= 0.3 is 6.36 Å². The van der Waals surface area contributed by atoms with Crippen molar-refractivity contribution in [3.05, 3.63) is 169 Å². The highest BCUT2D eigenvalue weighted by Gasteiger charge is 2.31. The van der Waals surface area contributed by atoms with Crippen LogP contribution in [0.4, 0.5) is 13.2 Å². The van der Waals surface area contributed by atoms with Gasteiger partial charge in [-0.3, -0.25) is 0 Å². The molecule has 0 unspecified atom stereocenters. The molecular weight excluding hydrogens is 670 g/mol. The summed E-state index contributed by atoms with van der Waals surface area (Å²) in [6, 6.07) is 53.4. The standard InChI is InChI=1S/C45H27F3N4O/c46-45(47,48)53-37-21-19-30(20-22-37)35-25-29(28-49)26-36(27-35)39-24-23-38(40-13-7-8-14-41(39)40)31-15-17-34(18-16-31)44-51-42(32-9-3-1-4-10-32)50-43(52-44)33-11-5-2-6-12-33/h1-27H. The van der Waals surface area contributed by atoms with Gasteiger partial charge in [0.2, 0.25) is 0 Å². The molecule has 0 atom stereocenters. The predicted molar refractivity (Wildman–Crippen MR) is 201 cm³/mol. The maximum atomic E-state index is 12.7. The van der Waals surface area contributed by atoms with Crippen LogP contribution in [-0.2, 0) is 0 Å². The Labute approximate surface area is 303 Å². The largest absolute Gasteiger partial charge is 0.573 e. The summed E-state index contributed by atoms with van der Waals surface area (Å²) < 4.78 is 42.2. The van der Waals surface area contributed by atoms with Crippen LogP contribution in [0, 0.1) is 11.3 Å². The number of rotatable bonds is 7. The molecule has 7 aromatic carbocycles. The van der Waals surface area contributed by atoms with E-state index in [-0.39, 0.29) is 5.75 Å². The van der Waals surface area contributed by atoms with Crippen molar-refractivity contribution in [2.45, 2.75) is 6.36 Å². The number of hydrogen-bond acceptors (Lipinski definition) is 5. The van der Waals surface area contributed by atoms with Gasteiger partial charge in [0.25, 0.3) is 0 Å². The molecule has 8 rings (SSSR count). The maximum absolute atomic E-state index is 12.7. The fraction of sp³-hybridized carbons (Fsp3) is 0.0222. The minimum Gasteiger partial charge on any atom is -0.406 e.